The lowest BCUT2D eigenvalue weighted by Crippen LogP contribution is -2.29. The summed E-state index contributed by atoms with van der Waals surface area (Å²) >= 11 is 3.20. The number of rotatable bonds is 7. The standard InChI is InChI=1S/C13H16BrNO4S/c1-2-3-6-15-12(16)8-20(19)11-7-9(14)4-5-10(11)13(17)18/h4-5,7H,2-3,6,8H2,1H3,(H,15,16)(H,17,18). The molecule has 1 rings (SSSR count). The van der Waals surface area contributed by atoms with Crippen LogP contribution in [0, 0.1) is 0 Å². The Morgan fingerprint density at radius 3 is 2.70 bits per heavy atom. The van der Waals surface area contributed by atoms with Crippen LogP contribution in [0.15, 0.2) is 27.6 Å². The molecular formula is C13H16BrNO4S. The number of carbonyl (C=O) groups is 2. The van der Waals surface area contributed by atoms with Crippen molar-refractivity contribution in [3.05, 3.63) is 28.2 Å². The maximum absolute atomic E-state index is 12.1. The Balaban J connectivity index is 2.79. The van der Waals surface area contributed by atoms with Crippen molar-refractivity contribution in [1.29, 1.82) is 0 Å². The van der Waals surface area contributed by atoms with Crippen LogP contribution in [0.3, 0.4) is 0 Å². The molecule has 2 N–H and O–H groups in total. The monoisotopic (exact) mass is 361 g/mol. The second kappa shape index (κ2) is 8.16. The lowest BCUT2D eigenvalue weighted by molar-refractivity contribution is -0.118. The third kappa shape index (κ3) is 5.05. The first kappa shape index (κ1) is 16.8. The Morgan fingerprint density at radius 2 is 2.10 bits per heavy atom. The van der Waals surface area contributed by atoms with E-state index in [9.17, 15) is 13.8 Å². The summed E-state index contributed by atoms with van der Waals surface area (Å²) in [6, 6.07) is 4.40. The van der Waals surface area contributed by atoms with Gasteiger partial charge in [-0.2, -0.15) is 0 Å². The lowest BCUT2D eigenvalue weighted by atomic mass is 10.2. The van der Waals surface area contributed by atoms with Gasteiger partial charge in [0.1, 0.15) is 5.75 Å². The van der Waals surface area contributed by atoms with Gasteiger partial charge in [0.05, 0.1) is 21.3 Å². The Labute approximate surface area is 128 Å². The number of hydrogen-bond acceptors (Lipinski definition) is 3. The third-order valence-corrected chi connectivity index (χ3v) is 4.38. The number of halogens is 1. The molecule has 1 amide bonds. The molecule has 0 aliphatic carbocycles. The van der Waals surface area contributed by atoms with Gasteiger partial charge in [-0.3, -0.25) is 9.00 Å². The molecule has 0 heterocycles. The van der Waals surface area contributed by atoms with Crippen LogP contribution in [0.5, 0.6) is 0 Å². The number of carboxylic acids is 1. The van der Waals surface area contributed by atoms with Gasteiger partial charge in [-0.25, -0.2) is 4.79 Å². The van der Waals surface area contributed by atoms with Gasteiger partial charge in [-0.15, -0.1) is 0 Å². The summed E-state index contributed by atoms with van der Waals surface area (Å²) in [7, 11) is -1.68. The molecule has 1 aromatic rings. The summed E-state index contributed by atoms with van der Waals surface area (Å²) in [4.78, 5) is 22.8. The minimum atomic E-state index is -1.68. The fourth-order valence-corrected chi connectivity index (χ4v) is 3.18. The van der Waals surface area contributed by atoms with E-state index in [0.717, 1.165) is 12.8 Å². The molecule has 1 unspecified atom stereocenters. The Morgan fingerprint density at radius 1 is 1.40 bits per heavy atom. The third-order valence-electron chi connectivity index (χ3n) is 2.53. The zero-order valence-corrected chi connectivity index (χ0v) is 13.4. The van der Waals surface area contributed by atoms with Gasteiger partial charge < -0.3 is 10.4 Å². The molecule has 110 valence electrons. The molecule has 1 aromatic carbocycles. The number of aromatic carboxylic acids is 1. The fraction of sp³-hybridized carbons (Fsp3) is 0.385. The Kier molecular flexibility index (Phi) is 6.87. The van der Waals surface area contributed by atoms with Crippen molar-refractivity contribution >= 4 is 38.6 Å². The van der Waals surface area contributed by atoms with Crippen LogP contribution in [-0.4, -0.2) is 33.5 Å². The van der Waals surface area contributed by atoms with Crippen molar-refractivity contribution in [3.63, 3.8) is 0 Å². The number of benzene rings is 1. The quantitative estimate of drug-likeness (QED) is 0.729. The molecule has 0 saturated heterocycles. The van der Waals surface area contributed by atoms with Crippen molar-refractivity contribution in [2.75, 3.05) is 12.3 Å². The minimum Gasteiger partial charge on any atom is -0.478 e. The first-order valence-corrected chi connectivity index (χ1v) is 8.24. The summed E-state index contributed by atoms with van der Waals surface area (Å²) in [6.07, 6.45) is 1.81. The average Bonchev–Trinajstić information content (AvgIpc) is 2.38. The predicted molar refractivity (Wildman–Crippen MR) is 80.3 cm³/mol. The van der Waals surface area contributed by atoms with E-state index in [1.54, 1.807) is 6.07 Å². The smallest absolute Gasteiger partial charge is 0.336 e. The van der Waals surface area contributed by atoms with Gasteiger partial charge in [0, 0.05) is 11.0 Å². The number of nitrogens with one attached hydrogen (secondary N) is 1. The second-order valence-corrected chi connectivity index (χ2v) is 6.47. The van der Waals surface area contributed by atoms with E-state index in [0.29, 0.717) is 11.0 Å². The summed E-state index contributed by atoms with van der Waals surface area (Å²) in [5.41, 5.74) is -0.0482. The maximum Gasteiger partial charge on any atom is 0.336 e. The highest BCUT2D eigenvalue weighted by Crippen LogP contribution is 2.20. The van der Waals surface area contributed by atoms with E-state index < -0.39 is 16.8 Å². The topological polar surface area (TPSA) is 83.5 Å². The molecule has 20 heavy (non-hydrogen) atoms. The molecule has 0 bridgehead atoms. The van der Waals surface area contributed by atoms with Crippen molar-refractivity contribution in [3.8, 4) is 0 Å². The first-order chi connectivity index (χ1) is 9.45. The molecule has 0 saturated carbocycles. The number of amides is 1. The number of hydrogen-bond donors (Lipinski definition) is 2. The van der Waals surface area contributed by atoms with Crippen LogP contribution >= 0.6 is 15.9 Å². The molecule has 7 heteroatoms. The van der Waals surface area contributed by atoms with Crippen molar-refractivity contribution in [1.82, 2.24) is 5.32 Å². The molecule has 0 spiro atoms. The molecule has 0 aliphatic heterocycles. The summed E-state index contributed by atoms with van der Waals surface area (Å²) in [5, 5.41) is 11.7. The normalized spacial score (nSPS) is 11.9. The molecule has 1 atom stereocenters. The number of unbranched alkanes of at least 4 members (excludes halogenated alkanes) is 1. The van der Waals surface area contributed by atoms with Crippen LogP contribution < -0.4 is 5.32 Å². The van der Waals surface area contributed by atoms with E-state index >= 15 is 0 Å². The molecule has 5 nitrogen and oxygen atoms in total. The van der Waals surface area contributed by atoms with Gasteiger partial charge in [-0.05, 0) is 24.6 Å². The number of carbonyl (C=O) groups excluding carboxylic acids is 1. The van der Waals surface area contributed by atoms with Gasteiger partial charge in [0.25, 0.3) is 0 Å². The molecule has 0 aromatic heterocycles. The molecule has 0 fully saturated rings. The predicted octanol–water partition coefficient (Wildman–Crippen LogP) is 2.17. The van der Waals surface area contributed by atoms with Crippen LogP contribution in [0.4, 0.5) is 0 Å². The fourth-order valence-electron chi connectivity index (χ4n) is 1.51. The molecule has 0 aliphatic rings. The van der Waals surface area contributed by atoms with Crippen LogP contribution in [0.1, 0.15) is 30.1 Å². The lowest BCUT2D eigenvalue weighted by Gasteiger charge is -2.07. The van der Waals surface area contributed by atoms with Crippen molar-refractivity contribution in [2.24, 2.45) is 0 Å². The van der Waals surface area contributed by atoms with E-state index in [4.69, 9.17) is 5.11 Å². The van der Waals surface area contributed by atoms with E-state index in [1.807, 2.05) is 6.92 Å². The number of carboxylic acid groups (broad SMARTS) is 1. The molecule has 0 radical (unpaired) electrons. The SMILES string of the molecule is CCCCNC(=O)CS(=O)c1cc(Br)ccc1C(=O)O. The van der Waals surface area contributed by atoms with Gasteiger partial charge in [0.15, 0.2) is 0 Å². The van der Waals surface area contributed by atoms with Crippen molar-refractivity contribution in [2.45, 2.75) is 24.7 Å². The second-order valence-electron chi connectivity index (χ2n) is 4.14. The van der Waals surface area contributed by atoms with Gasteiger partial charge in [-0.1, -0.05) is 29.3 Å². The van der Waals surface area contributed by atoms with Crippen LogP contribution in [0.2, 0.25) is 0 Å². The minimum absolute atomic E-state index is 0.0482. The Hall–Kier alpha value is -1.21. The summed E-state index contributed by atoms with van der Waals surface area (Å²) in [5.74, 6) is -1.74. The Bertz CT molecular complexity index is 533. The maximum atomic E-state index is 12.1. The highest BCUT2D eigenvalue weighted by Gasteiger charge is 2.18. The zero-order chi connectivity index (χ0) is 15.1. The van der Waals surface area contributed by atoms with E-state index in [-0.39, 0.29) is 22.1 Å². The van der Waals surface area contributed by atoms with Gasteiger partial charge in [0.2, 0.25) is 5.91 Å². The summed E-state index contributed by atoms with van der Waals surface area (Å²) in [6.45, 7) is 2.54. The van der Waals surface area contributed by atoms with Crippen molar-refractivity contribution < 1.29 is 18.9 Å². The van der Waals surface area contributed by atoms with Crippen LogP contribution in [-0.2, 0) is 15.6 Å². The molecular weight excluding hydrogens is 346 g/mol. The van der Waals surface area contributed by atoms with Gasteiger partial charge >= 0.3 is 5.97 Å². The average molecular weight is 362 g/mol. The first-order valence-electron chi connectivity index (χ1n) is 6.13. The summed E-state index contributed by atoms with van der Waals surface area (Å²) < 4.78 is 12.8. The van der Waals surface area contributed by atoms with E-state index in [2.05, 4.69) is 21.2 Å². The van der Waals surface area contributed by atoms with E-state index in [1.165, 1.54) is 12.1 Å². The largest absolute Gasteiger partial charge is 0.478 e. The highest BCUT2D eigenvalue weighted by molar-refractivity contribution is 9.10. The highest BCUT2D eigenvalue weighted by atomic mass is 79.9. The van der Waals surface area contributed by atoms with Crippen LogP contribution in [0.25, 0.3) is 0 Å². The zero-order valence-electron chi connectivity index (χ0n) is 11.0.